The number of halogens is 1. The molecule has 0 saturated heterocycles. The largest absolute Gasteiger partial charge is 0.492 e. The Hall–Kier alpha value is -2.26. The number of rotatable bonds is 7. The molecule has 0 amide bonds. The topological polar surface area (TPSA) is 35.5 Å². The van der Waals surface area contributed by atoms with E-state index in [0.717, 1.165) is 0 Å². The van der Waals surface area contributed by atoms with Crippen LogP contribution in [0, 0.1) is 0 Å². The number of hydrogen-bond donors (Lipinski definition) is 0. The fourth-order valence-corrected chi connectivity index (χ4v) is 2.35. The van der Waals surface area contributed by atoms with E-state index in [2.05, 4.69) is 6.58 Å². The minimum absolute atomic E-state index is 0.0368. The van der Waals surface area contributed by atoms with Gasteiger partial charge in [-0.15, -0.1) is 0 Å². The Morgan fingerprint density at radius 1 is 1.00 bits per heavy atom. The normalized spacial score (nSPS) is 11.3. The number of carbonyl (C=O) groups is 1. The van der Waals surface area contributed by atoms with E-state index in [-0.39, 0.29) is 11.9 Å². The maximum absolute atomic E-state index is 12.5. The lowest BCUT2D eigenvalue weighted by Gasteiger charge is -2.29. The summed E-state index contributed by atoms with van der Waals surface area (Å²) in [5, 5.41) is 0.603. The van der Waals surface area contributed by atoms with E-state index in [1.54, 1.807) is 48.5 Å². The van der Waals surface area contributed by atoms with Crippen molar-refractivity contribution in [3.8, 4) is 5.75 Å². The fourth-order valence-electron chi connectivity index (χ4n) is 2.22. The molecule has 0 aliphatic heterocycles. The van der Waals surface area contributed by atoms with Gasteiger partial charge < -0.3 is 9.47 Å². The van der Waals surface area contributed by atoms with Crippen molar-refractivity contribution in [2.24, 2.45) is 0 Å². The van der Waals surface area contributed by atoms with Gasteiger partial charge in [0.15, 0.2) is 11.4 Å². The molecule has 0 bridgehead atoms. The Morgan fingerprint density at radius 3 is 1.96 bits per heavy atom. The molecular weight excluding hydrogens is 336 g/mol. The van der Waals surface area contributed by atoms with Crippen LogP contribution >= 0.6 is 11.6 Å². The second-order valence-electron chi connectivity index (χ2n) is 6.56. The summed E-state index contributed by atoms with van der Waals surface area (Å²) >= 11 is 5.86. The Balaban J connectivity index is 2.10. The van der Waals surface area contributed by atoms with Crippen LogP contribution in [-0.4, -0.2) is 17.5 Å². The summed E-state index contributed by atoms with van der Waals surface area (Å²) in [6, 6.07) is 13.9. The van der Waals surface area contributed by atoms with E-state index in [4.69, 9.17) is 21.1 Å². The molecule has 2 aromatic rings. The van der Waals surface area contributed by atoms with Crippen LogP contribution in [0.5, 0.6) is 5.75 Å². The molecule has 0 saturated carbocycles. The molecule has 0 N–H and O–H groups in total. The molecule has 0 heterocycles. The summed E-state index contributed by atoms with van der Waals surface area (Å²) in [6.45, 7) is 11.6. The van der Waals surface area contributed by atoms with E-state index in [0.29, 0.717) is 27.7 Å². The zero-order valence-electron chi connectivity index (χ0n) is 15.0. The van der Waals surface area contributed by atoms with Crippen molar-refractivity contribution in [3.63, 3.8) is 0 Å². The van der Waals surface area contributed by atoms with Crippen molar-refractivity contribution in [1.82, 2.24) is 0 Å². The van der Waals surface area contributed by atoms with Crippen molar-refractivity contribution < 1.29 is 14.3 Å². The van der Waals surface area contributed by atoms with Gasteiger partial charge in [-0.1, -0.05) is 18.2 Å². The van der Waals surface area contributed by atoms with Gasteiger partial charge in [-0.3, -0.25) is 4.79 Å². The zero-order chi connectivity index (χ0) is 18.6. The highest BCUT2D eigenvalue weighted by atomic mass is 35.5. The van der Waals surface area contributed by atoms with Crippen molar-refractivity contribution in [2.45, 2.75) is 39.4 Å². The third kappa shape index (κ3) is 5.10. The molecule has 2 rings (SSSR count). The van der Waals surface area contributed by atoms with E-state index in [1.807, 2.05) is 27.7 Å². The van der Waals surface area contributed by atoms with Gasteiger partial charge >= 0.3 is 0 Å². The minimum Gasteiger partial charge on any atom is -0.492 e. The first-order valence-corrected chi connectivity index (χ1v) is 8.52. The number of ketones is 1. The number of ether oxygens (including phenoxy) is 2. The van der Waals surface area contributed by atoms with Crippen LogP contribution in [0.2, 0.25) is 5.02 Å². The molecule has 0 fully saturated rings. The average molecular weight is 359 g/mol. The van der Waals surface area contributed by atoms with Gasteiger partial charge in [0.25, 0.3) is 0 Å². The lowest BCUT2D eigenvalue weighted by atomic mass is 10.0. The number of hydrogen-bond acceptors (Lipinski definition) is 3. The Labute approximate surface area is 154 Å². The highest BCUT2D eigenvalue weighted by Crippen LogP contribution is 2.26. The lowest BCUT2D eigenvalue weighted by molar-refractivity contribution is 0.0363. The summed E-state index contributed by atoms with van der Waals surface area (Å²) in [5.41, 5.74) is 0.508. The molecule has 25 heavy (non-hydrogen) atoms. The SMILES string of the molecule is C=C(OC(C)C)C(C)(C)Oc1ccc(C(=O)c2ccc(Cl)cc2)cc1. The standard InChI is InChI=1S/C21H23ClO3/c1-14(2)24-15(3)21(4,5)25-19-12-8-17(9-13-19)20(23)16-6-10-18(22)11-7-16/h6-14H,3H2,1-2,4-5H3. The molecule has 0 spiro atoms. The van der Waals surface area contributed by atoms with Crippen LogP contribution in [0.3, 0.4) is 0 Å². The molecule has 132 valence electrons. The number of carbonyl (C=O) groups excluding carboxylic acids is 1. The van der Waals surface area contributed by atoms with Gasteiger partial charge in [-0.25, -0.2) is 0 Å². The highest BCUT2D eigenvalue weighted by molar-refractivity contribution is 6.30. The monoisotopic (exact) mass is 358 g/mol. The third-order valence-corrected chi connectivity index (χ3v) is 3.90. The Morgan fingerprint density at radius 2 is 1.48 bits per heavy atom. The van der Waals surface area contributed by atoms with Crippen molar-refractivity contribution in [1.29, 1.82) is 0 Å². The first kappa shape index (κ1) is 19.1. The van der Waals surface area contributed by atoms with Crippen LogP contribution in [-0.2, 0) is 4.74 Å². The van der Waals surface area contributed by atoms with Gasteiger partial charge in [0.1, 0.15) is 11.5 Å². The summed E-state index contributed by atoms with van der Waals surface area (Å²) < 4.78 is 11.6. The first-order chi connectivity index (χ1) is 11.7. The highest BCUT2D eigenvalue weighted by Gasteiger charge is 2.26. The maximum atomic E-state index is 12.5. The summed E-state index contributed by atoms with van der Waals surface area (Å²) in [6.07, 6.45) is 0.0368. The Bertz CT molecular complexity index is 744. The predicted molar refractivity (Wildman–Crippen MR) is 101 cm³/mol. The van der Waals surface area contributed by atoms with E-state index >= 15 is 0 Å². The Kier molecular flexibility index (Phi) is 5.91. The molecule has 0 radical (unpaired) electrons. The van der Waals surface area contributed by atoms with Crippen LogP contribution < -0.4 is 4.74 Å². The minimum atomic E-state index is -0.675. The molecule has 2 aromatic carbocycles. The van der Waals surface area contributed by atoms with E-state index in [9.17, 15) is 4.79 Å². The summed E-state index contributed by atoms with van der Waals surface area (Å²) in [4.78, 5) is 12.5. The van der Waals surface area contributed by atoms with Crippen molar-refractivity contribution >= 4 is 17.4 Å². The molecule has 3 nitrogen and oxygen atoms in total. The molecule has 0 aromatic heterocycles. The van der Waals surface area contributed by atoms with Gasteiger partial charge in [-0.05, 0) is 76.2 Å². The molecule has 4 heteroatoms. The van der Waals surface area contributed by atoms with Gasteiger partial charge in [0.2, 0.25) is 0 Å². The molecular formula is C21H23ClO3. The molecule has 0 unspecified atom stereocenters. The second kappa shape index (κ2) is 7.75. The average Bonchev–Trinajstić information content (AvgIpc) is 2.54. The van der Waals surface area contributed by atoms with Gasteiger partial charge in [-0.2, -0.15) is 0 Å². The fraction of sp³-hybridized carbons (Fsp3) is 0.286. The molecule has 0 aliphatic carbocycles. The summed E-state index contributed by atoms with van der Waals surface area (Å²) in [5.74, 6) is 1.14. The lowest BCUT2D eigenvalue weighted by Crippen LogP contribution is -2.32. The first-order valence-electron chi connectivity index (χ1n) is 8.14. The molecule has 0 aliphatic rings. The van der Waals surface area contributed by atoms with Crippen LogP contribution in [0.1, 0.15) is 43.6 Å². The predicted octanol–water partition coefficient (Wildman–Crippen LogP) is 5.67. The summed E-state index contributed by atoms with van der Waals surface area (Å²) in [7, 11) is 0. The van der Waals surface area contributed by atoms with Crippen LogP contribution in [0.4, 0.5) is 0 Å². The third-order valence-electron chi connectivity index (χ3n) is 3.65. The maximum Gasteiger partial charge on any atom is 0.193 e. The van der Waals surface area contributed by atoms with E-state index in [1.165, 1.54) is 0 Å². The number of benzene rings is 2. The molecule has 0 atom stereocenters. The van der Waals surface area contributed by atoms with Crippen molar-refractivity contribution in [3.05, 3.63) is 77.0 Å². The van der Waals surface area contributed by atoms with Crippen LogP contribution in [0.15, 0.2) is 60.9 Å². The van der Waals surface area contributed by atoms with Crippen molar-refractivity contribution in [2.75, 3.05) is 0 Å². The van der Waals surface area contributed by atoms with E-state index < -0.39 is 5.60 Å². The van der Waals surface area contributed by atoms with Crippen LogP contribution in [0.25, 0.3) is 0 Å². The van der Waals surface area contributed by atoms with Gasteiger partial charge in [0, 0.05) is 16.1 Å². The van der Waals surface area contributed by atoms with Gasteiger partial charge in [0.05, 0.1) is 6.10 Å². The quantitative estimate of drug-likeness (QED) is 0.472. The zero-order valence-corrected chi connectivity index (χ0v) is 15.8. The smallest absolute Gasteiger partial charge is 0.193 e. The second-order valence-corrected chi connectivity index (χ2v) is 7.00.